The lowest BCUT2D eigenvalue weighted by molar-refractivity contribution is 0.548. The Labute approximate surface area is 95.6 Å². The van der Waals surface area contributed by atoms with Crippen LogP contribution in [-0.2, 0) is 6.42 Å². The lowest BCUT2D eigenvalue weighted by Gasteiger charge is -2.16. The minimum atomic E-state index is -0.839. The molecule has 0 aromatic heterocycles. The zero-order valence-electron chi connectivity index (χ0n) is 9.35. The molecule has 1 atom stereocenters. The second kappa shape index (κ2) is 5.17. The third-order valence-electron chi connectivity index (χ3n) is 2.36. The van der Waals surface area contributed by atoms with Gasteiger partial charge in [0.25, 0.3) is 0 Å². The highest BCUT2D eigenvalue weighted by Gasteiger charge is 2.22. The summed E-state index contributed by atoms with van der Waals surface area (Å²) >= 11 is 0. The lowest BCUT2D eigenvalue weighted by atomic mass is 9.95. The van der Waals surface area contributed by atoms with E-state index < -0.39 is 5.54 Å². The molecule has 16 heavy (non-hydrogen) atoms. The Kier molecular flexibility index (Phi) is 3.90. The van der Waals surface area contributed by atoms with Gasteiger partial charge in [-0.3, -0.25) is 0 Å². The molecule has 0 heterocycles. The van der Waals surface area contributed by atoms with Gasteiger partial charge < -0.3 is 11.5 Å². The van der Waals surface area contributed by atoms with Crippen molar-refractivity contribution in [2.24, 2.45) is 16.5 Å². The number of nitriles is 1. The molecular formula is C12H16N4. The van der Waals surface area contributed by atoms with E-state index in [9.17, 15) is 0 Å². The van der Waals surface area contributed by atoms with Gasteiger partial charge in [-0.05, 0) is 25.3 Å². The average Bonchev–Trinajstić information content (AvgIpc) is 2.27. The summed E-state index contributed by atoms with van der Waals surface area (Å²) < 4.78 is 0. The van der Waals surface area contributed by atoms with E-state index in [-0.39, 0.29) is 5.96 Å². The van der Waals surface area contributed by atoms with Crippen molar-refractivity contribution in [2.75, 3.05) is 0 Å². The first-order valence-electron chi connectivity index (χ1n) is 5.12. The number of aliphatic imine (C=N–C) groups is 1. The summed E-state index contributed by atoms with van der Waals surface area (Å²) in [4.78, 5) is 3.95. The number of hydrogen-bond acceptors (Lipinski definition) is 2. The highest BCUT2D eigenvalue weighted by atomic mass is 15.0. The van der Waals surface area contributed by atoms with Gasteiger partial charge in [0.1, 0.15) is 5.54 Å². The van der Waals surface area contributed by atoms with E-state index in [0.717, 1.165) is 6.42 Å². The van der Waals surface area contributed by atoms with Crippen LogP contribution in [0, 0.1) is 11.3 Å². The first kappa shape index (κ1) is 12.1. The standard InChI is InChI=1S/C12H16N4/c1-12(9-13,16-11(14)15)8-7-10-5-3-2-4-6-10/h2-6H,7-8H2,1H3,(H4,14,15,16). The van der Waals surface area contributed by atoms with Gasteiger partial charge in [-0.15, -0.1) is 0 Å². The van der Waals surface area contributed by atoms with Gasteiger partial charge in [-0.25, -0.2) is 4.99 Å². The van der Waals surface area contributed by atoms with E-state index in [4.69, 9.17) is 16.7 Å². The summed E-state index contributed by atoms with van der Waals surface area (Å²) in [5, 5.41) is 9.04. The van der Waals surface area contributed by atoms with Crippen LogP contribution in [0.4, 0.5) is 0 Å². The first-order valence-corrected chi connectivity index (χ1v) is 5.12. The Bertz CT molecular complexity index is 401. The number of nitrogens with two attached hydrogens (primary N) is 2. The molecule has 4 nitrogen and oxygen atoms in total. The van der Waals surface area contributed by atoms with Crippen LogP contribution in [0.15, 0.2) is 35.3 Å². The molecule has 4 heteroatoms. The zero-order chi connectivity index (χ0) is 12.0. The Balaban J connectivity index is 2.67. The minimum absolute atomic E-state index is 0.0443. The summed E-state index contributed by atoms with van der Waals surface area (Å²) in [6.45, 7) is 1.73. The van der Waals surface area contributed by atoms with E-state index in [1.165, 1.54) is 5.56 Å². The monoisotopic (exact) mass is 216 g/mol. The molecular weight excluding hydrogens is 200 g/mol. The van der Waals surface area contributed by atoms with Gasteiger partial charge in [0.15, 0.2) is 5.96 Å². The van der Waals surface area contributed by atoms with Crippen LogP contribution < -0.4 is 11.5 Å². The van der Waals surface area contributed by atoms with Gasteiger partial charge in [0.05, 0.1) is 6.07 Å². The van der Waals surface area contributed by atoms with Crippen molar-refractivity contribution in [1.29, 1.82) is 5.26 Å². The van der Waals surface area contributed by atoms with Gasteiger partial charge in [-0.2, -0.15) is 5.26 Å². The van der Waals surface area contributed by atoms with Gasteiger partial charge in [0.2, 0.25) is 0 Å². The van der Waals surface area contributed by atoms with Crippen LogP contribution in [-0.4, -0.2) is 11.5 Å². The summed E-state index contributed by atoms with van der Waals surface area (Å²) in [6, 6.07) is 12.1. The number of aryl methyl sites for hydroxylation is 1. The first-order chi connectivity index (χ1) is 7.56. The van der Waals surface area contributed by atoms with Gasteiger partial charge >= 0.3 is 0 Å². The molecule has 84 valence electrons. The Hall–Kier alpha value is -2.02. The van der Waals surface area contributed by atoms with Crippen LogP contribution in [0.1, 0.15) is 18.9 Å². The predicted molar refractivity (Wildman–Crippen MR) is 64.6 cm³/mol. The van der Waals surface area contributed by atoms with Gasteiger partial charge in [-0.1, -0.05) is 30.3 Å². The zero-order valence-corrected chi connectivity index (χ0v) is 9.35. The Morgan fingerprint density at radius 1 is 1.38 bits per heavy atom. The van der Waals surface area contributed by atoms with Crippen LogP contribution in [0.5, 0.6) is 0 Å². The fraction of sp³-hybridized carbons (Fsp3) is 0.333. The molecule has 1 aromatic rings. The van der Waals surface area contributed by atoms with Crippen molar-refractivity contribution in [3.8, 4) is 6.07 Å². The smallest absolute Gasteiger partial charge is 0.187 e. The van der Waals surface area contributed by atoms with Crippen molar-refractivity contribution in [2.45, 2.75) is 25.3 Å². The average molecular weight is 216 g/mol. The number of rotatable bonds is 4. The topological polar surface area (TPSA) is 88.2 Å². The highest BCUT2D eigenvalue weighted by molar-refractivity contribution is 5.76. The maximum atomic E-state index is 9.04. The number of guanidine groups is 1. The van der Waals surface area contributed by atoms with E-state index in [1.54, 1.807) is 6.92 Å². The normalized spacial score (nSPS) is 13.5. The van der Waals surface area contributed by atoms with Crippen molar-refractivity contribution in [1.82, 2.24) is 0 Å². The third kappa shape index (κ3) is 3.62. The van der Waals surface area contributed by atoms with Crippen LogP contribution in [0.3, 0.4) is 0 Å². The summed E-state index contributed by atoms with van der Waals surface area (Å²) in [6.07, 6.45) is 1.38. The minimum Gasteiger partial charge on any atom is -0.370 e. The summed E-state index contributed by atoms with van der Waals surface area (Å²) in [5.74, 6) is -0.0443. The Morgan fingerprint density at radius 3 is 2.50 bits per heavy atom. The van der Waals surface area contributed by atoms with E-state index in [0.29, 0.717) is 6.42 Å². The molecule has 0 bridgehead atoms. The van der Waals surface area contributed by atoms with Crippen molar-refractivity contribution in [3.05, 3.63) is 35.9 Å². The number of benzene rings is 1. The Morgan fingerprint density at radius 2 is 2.00 bits per heavy atom. The summed E-state index contributed by atoms with van der Waals surface area (Å²) in [5.41, 5.74) is 10.9. The second-order valence-corrected chi connectivity index (χ2v) is 3.91. The number of nitrogens with zero attached hydrogens (tertiary/aromatic N) is 2. The van der Waals surface area contributed by atoms with E-state index >= 15 is 0 Å². The molecule has 0 amide bonds. The third-order valence-corrected chi connectivity index (χ3v) is 2.36. The van der Waals surface area contributed by atoms with E-state index in [2.05, 4.69) is 11.1 Å². The second-order valence-electron chi connectivity index (χ2n) is 3.91. The maximum Gasteiger partial charge on any atom is 0.187 e. The molecule has 1 unspecified atom stereocenters. The molecule has 0 aliphatic rings. The molecule has 0 fully saturated rings. The molecule has 0 spiro atoms. The molecule has 0 aliphatic carbocycles. The van der Waals surface area contributed by atoms with E-state index in [1.807, 2.05) is 30.3 Å². The summed E-state index contributed by atoms with van der Waals surface area (Å²) in [7, 11) is 0. The van der Waals surface area contributed by atoms with Crippen LogP contribution in [0.2, 0.25) is 0 Å². The lowest BCUT2D eigenvalue weighted by Crippen LogP contribution is -2.31. The predicted octanol–water partition coefficient (Wildman–Crippen LogP) is 1.17. The van der Waals surface area contributed by atoms with Crippen molar-refractivity contribution < 1.29 is 0 Å². The van der Waals surface area contributed by atoms with Crippen LogP contribution in [0.25, 0.3) is 0 Å². The SMILES string of the molecule is CC(C#N)(CCc1ccccc1)N=C(N)N. The molecule has 0 saturated carbocycles. The fourth-order valence-electron chi connectivity index (χ4n) is 1.45. The van der Waals surface area contributed by atoms with Gasteiger partial charge in [0, 0.05) is 0 Å². The highest BCUT2D eigenvalue weighted by Crippen LogP contribution is 2.17. The van der Waals surface area contributed by atoms with Crippen LogP contribution >= 0.6 is 0 Å². The van der Waals surface area contributed by atoms with Crippen molar-refractivity contribution in [3.63, 3.8) is 0 Å². The maximum absolute atomic E-state index is 9.04. The quantitative estimate of drug-likeness (QED) is 0.585. The molecule has 1 aromatic carbocycles. The fourth-order valence-corrected chi connectivity index (χ4v) is 1.45. The number of hydrogen-bond donors (Lipinski definition) is 2. The molecule has 4 N–H and O–H groups in total. The molecule has 1 rings (SSSR count). The molecule has 0 aliphatic heterocycles. The van der Waals surface area contributed by atoms with Crippen molar-refractivity contribution >= 4 is 5.96 Å². The molecule has 0 radical (unpaired) electrons. The molecule has 0 saturated heterocycles. The largest absolute Gasteiger partial charge is 0.370 e.